The van der Waals surface area contributed by atoms with Gasteiger partial charge in [-0.2, -0.15) is 5.26 Å². The van der Waals surface area contributed by atoms with Crippen molar-refractivity contribution in [1.29, 1.82) is 5.26 Å². The standard InChI is InChI=1S/C16H14N2O5S/c1-21-15(20)7-24-16-11(6-17)10(5-14(19)18-16)9-2-3-12-13(4-9)23-8-22-12/h2-4,10H,5,7-8H2,1H3,(H,18,19)/t10-/m1/s1. The van der Waals surface area contributed by atoms with Crippen LogP contribution in [0.4, 0.5) is 0 Å². The molecular formula is C16H14N2O5S. The first-order valence-electron chi connectivity index (χ1n) is 7.15. The summed E-state index contributed by atoms with van der Waals surface area (Å²) < 4.78 is 15.2. The number of rotatable bonds is 4. The van der Waals surface area contributed by atoms with Crippen LogP contribution in [0.5, 0.6) is 11.5 Å². The lowest BCUT2D eigenvalue weighted by atomic mass is 9.87. The molecule has 1 N–H and O–H groups in total. The topological polar surface area (TPSA) is 97.7 Å². The van der Waals surface area contributed by atoms with Gasteiger partial charge in [0.05, 0.1) is 29.5 Å². The number of methoxy groups -OCH3 is 1. The molecule has 1 atom stereocenters. The number of nitrogens with one attached hydrogen (secondary N) is 1. The van der Waals surface area contributed by atoms with Crippen LogP contribution in [0.15, 0.2) is 28.8 Å². The summed E-state index contributed by atoms with van der Waals surface area (Å²) in [5.41, 5.74) is 1.21. The highest BCUT2D eigenvalue weighted by molar-refractivity contribution is 8.03. The highest BCUT2D eigenvalue weighted by atomic mass is 32.2. The fourth-order valence-corrected chi connectivity index (χ4v) is 3.45. The van der Waals surface area contributed by atoms with Gasteiger partial charge in [0.1, 0.15) is 0 Å². The highest BCUT2D eigenvalue weighted by Crippen LogP contribution is 2.40. The van der Waals surface area contributed by atoms with Crippen LogP contribution in [-0.4, -0.2) is 31.5 Å². The number of nitrogens with zero attached hydrogens (tertiary/aromatic N) is 1. The van der Waals surface area contributed by atoms with Crippen molar-refractivity contribution < 1.29 is 23.8 Å². The van der Waals surface area contributed by atoms with Crippen molar-refractivity contribution in [3.63, 3.8) is 0 Å². The maximum Gasteiger partial charge on any atom is 0.316 e. The van der Waals surface area contributed by atoms with Crippen molar-refractivity contribution in [3.8, 4) is 17.6 Å². The predicted molar refractivity (Wildman–Crippen MR) is 85.2 cm³/mol. The maximum atomic E-state index is 12.0. The molecule has 0 fully saturated rings. The molecule has 1 amide bonds. The third-order valence-electron chi connectivity index (χ3n) is 3.72. The SMILES string of the molecule is COC(=O)CSC1=C(C#N)[C@@H](c2ccc3c(c2)OCO3)CC(=O)N1. The van der Waals surface area contributed by atoms with Crippen LogP contribution in [-0.2, 0) is 14.3 Å². The van der Waals surface area contributed by atoms with Crippen molar-refractivity contribution in [2.24, 2.45) is 0 Å². The number of hydrogen-bond donors (Lipinski definition) is 1. The summed E-state index contributed by atoms with van der Waals surface area (Å²) in [5, 5.41) is 12.6. The number of fused-ring (bicyclic) bond motifs is 1. The molecule has 124 valence electrons. The van der Waals surface area contributed by atoms with E-state index in [9.17, 15) is 14.9 Å². The average molecular weight is 346 g/mol. The molecule has 1 aromatic rings. The predicted octanol–water partition coefficient (Wildman–Crippen LogP) is 1.66. The zero-order valence-corrected chi connectivity index (χ0v) is 13.6. The van der Waals surface area contributed by atoms with Gasteiger partial charge in [0, 0.05) is 12.3 Å². The van der Waals surface area contributed by atoms with E-state index in [1.54, 1.807) is 12.1 Å². The second-order valence-corrected chi connectivity index (χ2v) is 6.12. The molecule has 0 aromatic heterocycles. The first-order chi connectivity index (χ1) is 11.6. The highest BCUT2D eigenvalue weighted by Gasteiger charge is 2.31. The van der Waals surface area contributed by atoms with E-state index in [1.165, 1.54) is 7.11 Å². The van der Waals surface area contributed by atoms with E-state index in [0.717, 1.165) is 17.3 Å². The number of amides is 1. The van der Waals surface area contributed by atoms with Gasteiger partial charge in [-0.15, -0.1) is 0 Å². The van der Waals surface area contributed by atoms with Gasteiger partial charge in [-0.3, -0.25) is 9.59 Å². The van der Waals surface area contributed by atoms with Crippen LogP contribution >= 0.6 is 11.8 Å². The Balaban J connectivity index is 1.92. The molecule has 2 aliphatic rings. The Bertz CT molecular complexity index is 768. The van der Waals surface area contributed by atoms with Gasteiger partial charge < -0.3 is 19.5 Å². The third-order valence-corrected chi connectivity index (χ3v) is 4.71. The summed E-state index contributed by atoms with van der Waals surface area (Å²) in [6.45, 7) is 0.158. The number of benzene rings is 1. The normalized spacial score (nSPS) is 18.8. The van der Waals surface area contributed by atoms with Gasteiger partial charge in [-0.05, 0) is 17.7 Å². The second kappa shape index (κ2) is 6.84. The zero-order valence-electron chi connectivity index (χ0n) is 12.8. The molecule has 1 aromatic carbocycles. The van der Waals surface area contributed by atoms with E-state index in [0.29, 0.717) is 22.1 Å². The van der Waals surface area contributed by atoms with Gasteiger partial charge in [-0.25, -0.2) is 0 Å². The number of nitriles is 1. The number of esters is 1. The molecule has 0 bridgehead atoms. The number of carbonyl (C=O) groups excluding carboxylic acids is 2. The summed E-state index contributed by atoms with van der Waals surface area (Å²) in [7, 11) is 1.29. The Hall–Kier alpha value is -2.66. The number of thioether (sulfide) groups is 1. The van der Waals surface area contributed by atoms with E-state index in [2.05, 4.69) is 16.1 Å². The van der Waals surface area contributed by atoms with E-state index >= 15 is 0 Å². The molecule has 0 aliphatic carbocycles. The van der Waals surface area contributed by atoms with Crippen LogP contribution < -0.4 is 14.8 Å². The molecule has 2 heterocycles. The Morgan fingerprint density at radius 3 is 3.00 bits per heavy atom. The van der Waals surface area contributed by atoms with Crippen molar-refractivity contribution >= 4 is 23.6 Å². The second-order valence-electron chi connectivity index (χ2n) is 5.14. The van der Waals surface area contributed by atoms with Gasteiger partial charge in [0.15, 0.2) is 11.5 Å². The molecule has 3 rings (SSSR count). The lowest BCUT2D eigenvalue weighted by Gasteiger charge is -2.25. The van der Waals surface area contributed by atoms with E-state index in [1.807, 2.05) is 6.07 Å². The van der Waals surface area contributed by atoms with Crippen LogP contribution in [0.3, 0.4) is 0 Å². The van der Waals surface area contributed by atoms with E-state index in [4.69, 9.17) is 9.47 Å². The molecule has 0 saturated carbocycles. The molecule has 0 unspecified atom stereocenters. The lowest BCUT2D eigenvalue weighted by molar-refractivity contribution is -0.137. The average Bonchev–Trinajstić information content (AvgIpc) is 3.06. The summed E-state index contributed by atoms with van der Waals surface area (Å²) in [6.07, 6.45) is 0.158. The van der Waals surface area contributed by atoms with Gasteiger partial charge in [0.25, 0.3) is 0 Å². The maximum absolute atomic E-state index is 12.0. The summed E-state index contributed by atoms with van der Waals surface area (Å²) in [5.74, 6) is 0.235. The Labute approximate surface area is 142 Å². The van der Waals surface area contributed by atoms with Gasteiger partial charge in [0.2, 0.25) is 12.7 Å². The van der Waals surface area contributed by atoms with Gasteiger partial charge in [-0.1, -0.05) is 17.8 Å². The van der Waals surface area contributed by atoms with Crippen LogP contribution in [0.1, 0.15) is 17.9 Å². The molecule has 0 spiro atoms. The monoisotopic (exact) mass is 346 g/mol. The summed E-state index contributed by atoms with van der Waals surface area (Å²) in [4.78, 5) is 23.3. The van der Waals surface area contributed by atoms with E-state index < -0.39 is 11.9 Å². The number of ether oxygens (including phenoxy) is 3. The molecule has 2 aliphatic heterocycles. The first kappa shape index (κ1) is 16.2. The van der Waals surface area contributed by atoms with Crippen molar-refractivity contribution in [2.45, 2.75) is 12.3 Å². The molecule has 24 heavy (non-hydrogen) atoms. The van der Waals surface area contributed by atoms with Crippen LogP contribution in [0.25, 0.3) is 0 Å². The number of allylic oxidation sites excluding steroid dienone is 1. The first-order valence-corrected chi connectivity index (χ1v) is 8.14. The van der Waals surface area contributed by atoms with Gasteiger partial charge >= 0.3 is 5.97 Å². The van der Waals surface area contributed by atoms with Crippen molar-refractivity contribution in [1.82, 2.24) is 5.32 Å². The minimum absolute atomic E-state index is 0.0190. The summed E-state index contributed by atoms with van der Waals surface area (Å²) >= 11 is 1.09. The molecule has 0 saturated heterocycles. The Morgan fingerprint density at radius 1 is 1.46 bits per heavy atom. The molecule has 7 nitrogen and oxygen atoms in total. The fraction of sp³-hybridized carbons (Fsp3) is 0.312. The Kier molecular flexibility index (Phi) is 4.62. The van der Waals surface area contributed by atoms with Crippen LogP contribution in [0.2, 0.25) is 0 Å². The third kappa shape index (κ3) is 3.16. The molecule has 8 heteroatoms. The minimum Gasteiger partial charge on any atom is -0.468 e. The minimum atomic E-state index is -0.427. The number of hydrogen-bond acceptors (Lipinski definition) is 7. The largest absolute Gasteiger partial charge is 0.468 e. The van der Waals surface area contributed by atoms with Crippen LogP contribution in [0, 0.1) is 11.3 Å². The quantitative estimate of drug-likeness (QED) is 0.828. The van der Waals surface area contributed by atoms with E-state index in [-0.39, 0.29) is 24.9 Å². The smallest absolute Gasteiger partial charge is 0.316 e. The lowest BCUT2D eigenvalue weighted by Crippen LogP contribution is -2.31. The molecular weight excluding hydrogens is 332 g/mol. The van der Waals surface area contributed by atoms with Crippen molar-refractivity contribution in [3.05, 3.63) is 34.4 Å². The zero-order chi connectivity index (χ0) is 17.1. The Morgan fingerprint density at radius 2 is 2.25 bits per heavy atom. The molecule has 0 radical (unpaired) electrons. The van der Waals surface area contributed by atoms with Crippen molar-refractivity contribution in [2.75, 3.05) is 19.7 Å². The fourth-order valence-electron chi connectivity index (χ4n) is 2.54. The number of carbonyl (C=O) groups is 2. The summed E-state index contributed by atoms with van der Waals surface area (Å²) in [6, 6.07) is 7.52.